The molecule has 11 heterocycles. The van der Waals surface area contributed by atoms with Gasteiger partial charge in [0, 0.05) is 123 Å². The summed E-state index contributed by atoms with van der Waals surface area (Å²) < 4.78 is 74.9. The number of phenols is 2. The third-order valence-corrected chi connectivity index (χ3v) is 33.9. The monoisotopic (exact) mass is 2970 g/mol. The van der Waals surface area contributed by atoms with E-state index in [4.69, 9.17) is 52.4 Å². The van der Waals surface area contributed by atoms with Crippen LogP contribution in [-0.2, 0) is 77.0 Å². The van der Waals surface area contributed by atoms with E-state index in [9.17, 15) is 23.4 Å². The highest BCUT2D eigenvalue weighted by Gasteiger charge is 2.46. The number of nitrogens with two attached hydrogens (primary N) is 5. The Hall–Kier alpha value is -3.46. The normalized spacial score (nSPS) is 17.1. The number of methoxy groups -OCH3 is 5. The van der Waals surface area contributed by atoms with E-state index in [1.165, 1.54) is 75.5 Å². The fourth-order valence-corrected chi connectivity index (χ4v) is 29.9. The predicted molar refractivity (Wildman–Crippen MR) is 630 cm³/mol. The molecule has 7 aromatic carbocycles. The summed E-state index contributed by atoms with van der Waals surface area (Å²) in [5.74, 6) is 4.16. The van der Waals surface area contributed by atoms with Gasteiger partial charge in [0.15, 0.2) is 37.2 Å². The molecule has 0 saturated carbocycles. The first-order valence-electron chi connectivity index (χ1n) is 42.2. The molecule has 12 aromatic rings. The van der Waals surface area contributed by atoms with Crippen LogP contribution >= 0.6 is 293 Å². The maximum atomic E-state index is 13.5. The molecule has 6 aliphatic heterocycles. The number of likely N-dealkylation sites (N-methyl/N-ethyl adjacent to an activating group) is 1. The van der Waals surface area contributed by atoms with Crippen LogP contribution in [0.1, 0.15) is 152 Å². The van der Waals surface area contributed by atoms with Crippen molar-refractivity contribution < 1.29 is 47.1 Å². The Morgan fingerprint density at radius 1 is 0.441 bits per heavy atom. The number of alkyl halides is 3. The van der Waals surface area contributed by atoms with Crippen molar-refractivity contribution in [2.75, 3.05) is 110 Å². The van der Waals surface area contributed by atoms with E-state index in [-0.39, 0.29) is 109 Å². The summed E-state index contributed by atoms with van der Waals surface area (Å²) >= 11 is 28.1. The average Bonchev–Trinajstić information content (AvgIpc) is 1.57. The number of nitrogens with one attached hydrogen (secondary N) is 4. The molecule has 16 N–H and O–H groups in total. The minimum atomic E-state index is -4.39. The van der Waals surface area contributed by atoms with Gasteiger partial charge in [0.25, 0.3) is 0 Å². The summed E-state index contributed by atoms with van der Waals surface area (Å²) in [6.07, 6.45) is 5.47. The highest BCUT2D eigenvalue weighted by atomic mass is 127. The number of fused-ring (bicyclic) bond motifs is 6. The van der Waals surface area contributed by atoms with Gasteiger partial charge in [-0.05, 0) is 360 Å². The van der Waals surface area contributed by atoms with Crippen LogP contribution in [0.15, 0.2) is 108 Å². The Kier molecular flexibility index (Phi) is 46.2. The number of thiocarbonyl (C=S) groups is 1. The van der Waals surface area contributed by atoms with Gasteiger partial charge >= 0.3 is 6.30 Å². The molecule has 0 radical (unpaired) electrons. The molecule has 0 fully saturated rings. The number of nitrogen functional groups attached to an aromatic ring is 5. The van der Waals surface area contributed by atoms with Crippen LogP contribution in [0.4, 0.5) is 44.5 Å². The molecule has 6 unspecified atom stereocenters. The number of aromatic hydroxyl groups is 2. The van der Waals surface area contributed by atoms with Crippen molar-refractivity contribution in [3.8, 4) is 40.2 Å². The van der Waals surface area contributed by atoms with Crippen LogP contribution in [0.3, 0.4) is 0 Å². The lowest BCUT2D eigenvalue weighted by Crippen LogP contribution is -2.45. The van der Waals surface area contributed by atoms with Crippen molar-refractivity contribution >= 4 is 329 Å². The lowest BCUT2D eigenvalue weighted by Gasteiger charge is -2.36. The molecule has 6 aliphatic rings. The second-order valence-electron chi connectivity index (χ2n) is 31.9. The van der Waals surface area contributed by atoms with E-state index in [1.54, 1.807) is 93.0 Å². The Bertz CT molecular complexity index is 6040. The number of benzene rings is 7. The molecule has 734 valence electrons. The Balaban J connectivity index is 0.000000182. The second-order valence-corrected chi connectivity index (χ2v) is 45.5. The van der Waals surface area contributed by atoms with Crippen molar-refractivity contribution in [3.05, 3.63) is 237 Å². The van der Waals surface area contributed by atoms with Crippen molar-refractivity contribution in [1.82, 2.24) is 56.0 Å². The molecular weight excluding hydrogens is 2870 g/mol. The highest BCUT2D eigenvalue weighted by Crippen LogP contribution is 2.46. The average molecular weight is 2980 g/mol. The number of anilines is 5. The second kappa shape index (κ2) is 54.1. The molecular formula is C92H105BrCl2F3I8N17O7S6. The van der Waals surface area contributed by atoms with Gasteiger partial charge < -0.3 is 83.8 Å². The molecule has 24 nitrogen and oxygen atoms in total. The number of ether oxygens (including phenoxy) is 5. The highest BCUT2D eigenvalue weighted by molar-refractivity contribution is 14.1. The molecule has 0 saturated heterocycles. The summed E-state index contributed by atoms with van der Waals surface area (Å²) in [7, 11) is 8.36. The third kappa shape index (κ3) is 30.4. The minimum absolute atomic E-state index is 0. The number of thiazole rings is 5. The number of rotatable bonds is 19. The van der Waals surface area contributed by atoms with Gasteiger partial charge in [0.1, 0.15) is 28.7 Å². The molecule has 0 bridgehead atoms. The van der Waals surface area contributed by atoms with Crippen molar-refractivity contribution in [2.45, 2.75) is 140 Å². The zero-order valence-electron chi connectivity index (χ0n) is 75.0. The fraction of sp³-hybridized carbons (Fsp3) is 0.370. The summed E-state index contributed by atoms with van der Waals surface area (Å²) in [6, 6.07) is 35.3. The molecule has 0 aliphatic carbocycles. The number of aliphatic imine (C=N–C) groups is 1. The molecule has 0 amide bonds. The van der Waals surface area contributed by atoms with Gasteiger partial charge in [0.2, 0.25) is 0 Å². The summed E-state index contributed by atoms with van der Waals surface area (Å²) in [4.78, 5) is 35.0. The lowest BCUT2D eigenvalue weighted by atomic mass is 9.90. The smallest absolute Gasteiger partial charge is 0.460 e. The third-order valence-electron chi connectivity index (χ3n) is 23.0. The van der Waals surface area contributed by atoms with Gasteiger partial charge in [0.05, 0.1) is 108 Å². The molecule has 136 heavy (non-hydrogen) atoms. The Labute approximate surface area is 951 Å². The van der Waals surface area contributed by atoms with Crippen molar-refractivity contribution in [3.63, 3.8) is 0 Å². The van der Waals surface area contributed by atoms with E-state index in [0.717, 1.165) is 197 Å². The molecule has 0 spiro atoms. The van der Waals surface area contributed by atoms with Crippen LogP contribution in [0.2, 0.25) is 0 Å². The first-order valence-corrected chi connectivity index (χ1v) is 54.3. The van der Waals surface area contributed by atoms with Gasteiger partial charge in [-0.15, -0.1) is 122 Å². The summed E-state index contributed by atoms with van der Waals surface area (Å²) in [5, 5.41) is 39.1. The summed E-state index contributed by atoms with van der Waals surface area (Å²) in [5.41, 5.74) is 47.4. The number of aryl methyl sites for hydroxylation is 2. The van der Waals surface area contributed by atoms with Gasteiger partial charge in [-0.2, -0.15) is 18.2 Å². The van der Waals surface area contributed by atoms with Crippen molar-refractivity contribution in [2.24, 2.45) is 4.99 Å². The number of nitrogens with zero attached hydrogens (tertiary/aromatic N) is 8. The molecule has 18 rings (SSSR count). The van der Waals surface area contributed by atoms with E-state index >= 15 is 0 Å². The number of halogens is 14. The van der Waals surface area contributed by atoms with Crippen molar-refractivity contribution in [1.29, 1.82) is 0 Å². The number of hydrogen-bond donors (Lipinski definition) is 11. The van der Waals surface area contributed by atoms with Gasteiger partial charge in [-0.1, -0.05) is 42.3 Å². The molecule has 44 heteroatoms. The molecule has 5 aromatic heterocycles. The van der Waals surface area contributed by atoms with Crippen LogP contribution in [0.25, 0.3) is 0 Å². The Morgan fingerprint density at radius 3 is 1.18 bits per heavy atom. The molecule has 6 atom stereocenters. The van der Waals surface area contributed by atoms with Crippen LogP contribution in [0.5, 0.6) is 40.2 Å². The van der Waals surface area contributed by atoms with E-state index in [1.807, 2.05) is 42.5 Å². The summed E-state index contributed by atoms with van der Waals surface area (Å²) in [6.45, 7) is 12.3. The number of aromatic nitrogens is 5. The SMILES string of the molecule is Br.CCN1CCc2nc(N)sc2C1Cc1cc(I)c(OC)c(I)c1.COc1c(I)cc(CC2NCCc3nc(N)sc32)cc1I.COc1c(I)cc(CC2c3sc(N)nc3CCN2C(F)(F)F)cc1I.COc1cc(CC2NCCc3nc(N)sc32)cc(OC)c1.Cc1cc(C)cc(CC2NCCc3nc(N)sc32)c1.Cl.Cl.I.Oc1cc2c(cc1O)C(Cc1ccc(N=C=S)c(I)c1)NCC2. The van der Waals surface area contributed by atoms with E-state index in [2.05, 4.69) is 301 Å². The minimum Gasteiger partial charge on any atom is -0.504 e. The zero-order valence-corrected chi connectivity index (χ0v) is 101. The number of phenolic OH excluding ortho intramolecular Hbond substituents is 2. The Morgan fingerprint density at radius 2 is 0.787 bits per heavy atom. The van der Waals surface area contributed by atoms with Gasteiger partial charge in [-0.3, -0.25) is 4.90 Å². The number of isothiocyanates is 1. The standard InChI is InChI=1S/C17H15IN2O2S.C16H19I2N3OS.C15H14F3I2N3OS.C15H19N3O2S.C15H19N3S.C14H15I2N3OS.BrH.2ClH.HI/c18-13-5-10(1-2-14(13)20-9-23)6-15-12-8-17(22)16(21)7-11(12)3-4-19-15;1-3-21-5-4-12-15(23-16(19)20-12)13(21)8-9-6-10(17)14(22-2)11(18)7-9;1-24-12-8(19)4-7(5-9(12)20)6-11-13-10(22-14(21)25-13)2-3-23(11)15(16,17)18;1-19-10-5-9(6-11(8-10)20-2)7-13-14-12(3-4-17-13)18-15(16)21-14;1-9-5-10(2)7-11(6-9)8-13-14-12(3-4-17-13)18-15(16)19-14;1-20-12-8(15)4-7(5-9(12)16)6-11-13-10(2-3-18-11)19-14(17)21-13;;;;/h1-2,5,7-8,15,19,21-22H,3-4,6H2;6-7,13H,3-5,8H2,1-2H3,(H2,19,20);4-5,11H,2-3,6H2,1H3,(H2,21,22);5-6,8,13,17H,3-4,7H2,1-2H3,(H2,16,18);5-7,13,17H,3-4,8H2,1-2H3,(H2,16,18);4-5,11,18H,2-3,6H2,1H3,(H2,17,19);4*1H. The van der Waals surface area contributed by atoms with Gasteiger partial charge in [-0.25, -0.2) is 29.8 Å². The fourth-order valence-electron chi connectivity index (χ4n) is 17.2. The van der Waals surface area contributed by atoms with Crippen LogP contribution in [-0.4, -0.2) is 138 Å². The van der Waals surface area contributed by atoms with Crippen LogP contribution in [0, 0.1) is 38.8 Å². The quantitative estimate of drug-likeness (QED) is 0.0118. The largest absolute Gasteiger partial charge is 0.504 e. The maximum absolute atomic E-state index is 13.5. The lowest BCUT2D eigenvalue weighted by molar-refractivity contribution is -0.261. The van der Waals surface area contributed by atoms with Crippen LogP contribution < -0.4 is 73.6 Å². The first kappa shape index (κ1) is 116. The topological polar surface area (TPSA) is 348 Å². The van der Waals surface area contributed by atoms with E-state index < -0.39 is 12.3 Å². The zero-order chi connectivity index (χ0) is 94.5. The maximum Gasteiger partial charge on any atom is 0.460 e. The number of hydrogen-bond acceptors (Lipinski definition) is 30. The van der Waals surface area contributed by atoms with E-state index in [0.29, 0.717) is 59.3 Å². The first-order chi connectivity index (χ1) is 63.2. The predicted octanol–water partition coefficient (Wildman–Crippen LogP) is 22.9.